The van der Waals surface area contributed by atoms with E-state index in [0.29, 0.717) is 21.6 Å². The van der Waals surface area contributed by atoms with Crippen molar-refractivity contribution in [2.75, 3.05) is 11.4 Å². The standard InChI is InChI=1S/C16H16N6O3S/c17-14(23)12-13(11-3-9(4-18-11)15(24)25)26-16(21-12)22(7-8-1-2-8)10-5-19-20-6-10/h3-6,8,18H,1-2,7H2,(H2,17,23)(H,19,20)(H,24,25). The number of rotatable bonds is 7. The van der Waals surface area contributed by atoms with Crippen LogP contribution in [-0.2, 0) is 0 Å². The maximum atomic E-state index is 11.9. The third kappa shape index (κ3) is 3.06. The van der Waals surface area contributed by atoms with Crippen molar-refractivity contribution < 1.29 is 14.7 Å². The molecule has 1 fully saturated rings. The van der Waals surface area contributed by atoms with Gasteiger partial charge < -0.3 is 20.7 Å². The number of carboxylic acid groups (broad SMARTS) is 1. The van der Waals surface area contributed by atoms with E-state index in [9.17, 15) is 9.59 Å². The molecular weight excluding hydrogens is 356 g/mol. The molecule has 9 nitrogen and oxygen atoms in total. The molecule has 4 rings (SSSR count). The van der Waals surface area contributed by atoms with Crippen molar-refractivity contribution in [1.82, 2.24) is 20.2 Å². The summed E-state index contributed by atoms with van der Waals surface area (Å²) in [5.41, 5.74) is 7.08. The Kier molecular flexibility index (Phi) is 3.96. The van der Waals surface area contributed by atoms with Crippen LogP contribution in [0.1, 0.15) is 33.7 Å². The molecule has 3 aromatic rings. The number of amides is 1. The monoisotopic (exact) mass is 372 g/mol. The van der Waals surface area contributed by atoms with Crippen LogP contribution in [0.4, 0.5) is 10.8 Å². The van der Waals surface area contributed by atoms with Crippen LogP contribution >= 0.6 is 11.3 Å². The first-order valence-electron chi connectivity index (χ1n) is 8.02. The lowest BCUT2D eigenvalue weighted by atomic mass is 10.2. The number of aromatic nitrogens is 4. The van der Waals surface area contributed by atoms with Crippen molar-refractivity contribution in [3.8, 4) is 10.6 Å². The van der Waals surface area contributed by atoms with Gasteiger partial charge in [0, 0.05) is 18.9 Å². The normalized spacial score (nSPS) is 13.7. The van der Waals surface area contributed by atoms with Crippen molar-refractivity contribution in [2.45, 2.75) is 12.8 Å². The largest absolute Gasteiger partial charge is 0.478 e. The lowest BCUT2D eigenvalue weighted by Gasteiger charge is -2.19. The summed E-state index contributed by atoms with van der Waals surface area (Å²) in [6, 6.07) is 1.47. The Morgan fingerprint density at radius 1 is 1.38 bits per heavy atom. The number of hydrogen-bond donors (Lipinski definition) is 4. The fraction of sp³-hybridized carbons (Fsp3) is 0.250. The first kappa shape index (κ1) is 16.3. The number of nitrogens with two attached hydrogens (primary N) is 1. The second kappa shape index (κ2) is 6.30. The second-order valence-electron chi connectivity index (χ2n) is 6.16. The number of hydrogen-bond acceptors (Lipinski definition) is 6. The molecule has 1 aliphatic rings. The molecule has 3 heterocycles. The minimum absolute atomic E-state index is 0.107. The molecule has 0 saturated heterocycles. The van der Waals surface area contributed by atoms with Gasteiger partial charge in [0.1, 0.15) is 0 Å². The summed E-state index contributed by atoms with van der Waals surface area (Å²) in [7, 11) is 0. The minimum atomic E-state index is -1.05. The Morgan fingerprint density at radius 3 is 2.77 bits per heavy atom. The molecule has 5 N–H and O–H groups in total. The first-order chi connectivity index (χ1) is 12.5. The fourth-order valence-corrected chi connectivity index (χ4v) is 3.75. The van der Waals surface area contributed by atoms with Crippen LogP contribution < -0.4 is 10.6 Å². The van der Waals surface area contributed by atoms with Crippen LogP contribution in [0, 0.1) is 5.92 Å². The number of carbonyl (C=O) groups excluding carboxylic acids is 1. The third-order valence-corrected chi connectivity index (χ3v) is 5.30. The number of nitrogens with zero attached hydrogens (tertiary/aromatic N) is 3. The molecular formula is C16H16N6O3S. The van der Waals surface area contributed by atoms with Crippen LogP contribution in [0.25, 0.3) is 10.6 Å². The topological polar surface area (TPSA) is 141 Å². The molecule has 0 radical (unpaired) electrons. The van der Waals surface area contributed by atoms with Crippen LogP contribution in [0.2, 0.25) is 0 Å². The molecule has 0 spiro atoms. The molecule has 1 aliphatic carbocycles. The van der Waals surface area contributed by atoms with E-state index in [2.05, 4.69) is 20.2 Å². The average molecular weight is 372 g/mol. The van der Waals surface area contributed by atoms with Crippen molar-refractivity contribution in [3.63, 3.8) is 0 Å². The molecule has 1 amide bonds. The Bertz CT molecular complexity index is 957. The number of primary amides is 1. The molecule has 1 saturated carbocycles. The summed E-state index contributed by atoms with van der Waals surface area (Å²) < 4.78 is 0. The van der Waals surface area contributed by atoms with E-state index in [0.717, 1.165) is 25.1 Å². The Balaban J connectivity index is 1.76. The van der Waals surface area contributed by atoms with Crippen LogP contribution in [0.3, 0.4) is 0 Å². The van der Waals surface area contributed by atoms with E-state index in [1.807, 2.05) is 4.90 Å². The van der Waals surface area contributed by atoms with Gasteiger partial charge in [-0.2, -0.15) is 5.10 Å². The van der Waals surface area contributed by atoms with Gasteiger partial charge in [0.25, 0.3) is 5.91 Å². The highest BCUT2D eigenvalue weighted by molar-refractivity contribution is 7.19. The Hall–Kier alpha value is -3.14. The summed E-state index contributed by atoms with van der Waals surface area (Å²) >= 11 is 1.29. The van der Waals surface area contributed by atoms with E-state index >= 15 is 0 Å². The molecule has 0 unspecified atom stereocenters. The summed E-state index contributed by atoms with van der Waals surface area (Å²) in [6.45, 7) is 0.774. The summed E-state index contributed by atoms with van der Waals surface area (Å²) in [4.78, 5) is 32.9. The molecule has 0 aliphatic heterocycles. The third-order valence-electron chi connectivity index (χ3n) is 4.19. The average Bonchev–Trinajstić information content (AvgIpc) is 3.06. The lowest BCUT2D eigenvalue weighted by Crippen LogP contribution is -2.20. The Labute approximate surface area is 151 Å². The van der Waals surface area contributed by atoms with E-state index < -0.39 is 11.9 Å². The number of carbonyl (C=O) groups is 2. The second-order valence-corrected chi connectivity index (χ2v) is 7.13. The number of aromatic amines is 2. The van der Waals surface area contributed by atoms with Crippen molar-refractivity contribution in [3.05, 3.63) is 35.9 Å². The van der Waals surface area contributed by atoms with E-state index in [-0.39, 0.29) is 11.3 Å². The number of aromatic carboxylic acids is 1. The molecule has 10 heteroatoms. The summed E-state index contributed by atoms with van der Waals surface area (Å²) in [5, 5.41) is 16.5. The quantitative estimate of drug-likeness (QED) is 0.501. The highest BCUT2D eigenvalue weighted by Gasteiger charge is 2.29. The van der Waals surface area contributed by atoms with Gasteiger partial charge in [0.2, 0.25) is 0 Å². The molecule has 3 aromatic heterocycles. The molecule has 0 bridgehead atoms. The predicted octanol–water partition coefficient (Wildman–Crippen LogP) is 2.21. The molecule has 134 valence electrons. The van der Waals surface area contributed by atoms with Crippen molar-refractivity contribution in [1.29, 1.82) is 0 Å². The van der Waals surface area contributed by atoms with Gasteiger partial charge >= 0.3 is 5.97 Å². The van der Waals surface area contributed by atoms with Gasteiger partial charge in [-0.25, -0.2) is 9.78 Å². The van der Waals surface area contributed by atoms with Crippen molar-refractivity contribution >= 4 is 34.0 Å². The van der Waals surface area contributed by atoms with E-state index in [1.54, 1.807) is 12.4 Å². The van der Waals surface area contributed by atoms with Gasteiger partial charge in [-0.1, -0.05) is 11.3 Å². The zero-order valence-corrected chi connectivity index (χ0v) is 14.4. The van der Waals surface area contributed by atoms with Gasteiger partial charge in [-0.05, 0) is 24.8 Å². The zero-order chi connectivity index (χ0) is 18.3. The van der Waals surface area contributed by atoms with Gasteiger partial charge in [-0.3, -0.25) is 9.89 Å². The van der Waals surface area contributed by atoms with Gasteiger partial charge in [-0.15, -0.1) is 0 Å². The number of nitrogens with one attached hydrogen (secondary N) is 2. The zero-order valence-electron chi connectivity index (χ0n) is 13.6. The number of anilines is 2. The number of H-pyrrole nitrogens is 2. The maximum Gasteiger partial charge on any atom is 0.337 e. The molecule has 0 aromatic carbocycles. The SMILES string of the molecule is NC(=O)c1nc(N(CC2CC2)c2cn[nH]c2)sc1-c1cc(C(=O)O)c[nH]1. The number of thiazole rings is 1. The van der Waals surface area contributed by atoms with Gasteiger partial charge in [0.15, 0.2) is 10.8 Å². The van der Waals surface area contributed by atoms with Crippen LogP contribution in [0.15, 0.2) is 24.7 Å². The summed E-state index contributed by atoms with van der Waals surface area (Å²) in [6.07, 6.45) is 7.16. The smallest absolute Gasteiger partial charge is 0.337 e. The fourth-order valence-electron chi connectivity index (χ4n) is 2.67. The number of carboxylic acids is 1. The van der Waals surface area contributed by atoms with E-state index in [1.165, 1.54) is 23.6 Å². The highest BCUT2D eigenvalue weighted by Crippen LogP contribution is 2.40. The highest BCUT2D eigenvalue weighted by atomic mass is 32.1. The first-order valence-corrected chi connectivity index (χ1v) is 8.83. The maximum absolute atomic E-state index is 11.9. The lowest BCUT2D eigenvalue weighted by molar-refractivity contribution is 0.0697. The summed E-state index contributed by atoms with van der Waals surface area (Å²) in [5.74, 6) is -1.13. The minimum Gasteiger partial charge on any atom is -0.478 e. The molecule has 0 atom stereocenters. The van der Waals surface area contributed by atoms with Crippen molar-refractivity contribution in [2.24, 2.45) is 11.7 Å². The van der Waals surface area contributed by atoms with E-state index in [4.69, 9.17) is 10.8 Å². The predicted molar refractivity (Wildman–Crippen MR) is 95.7 cm³/mol. The Morgan fingerprint density at radius 2 is 2.19 bits per heavy atom. The molecule has 26 heavy (non-hydrogen) atoms. The van der Waals surface area contributed by atoms with Crippen LogP contribution in [-0.4, -0.2) is 43.7 Å². The van der Waals surface area contributed by atoms with Crippen LogP contribution in [0.5, 0.6) is 0 Å². The van der Waals surface area contributed by atoms with Gasteiger partial charge in [0.05, 0.1) is 28.0 Å².